The molecule has 0 N–H and O–H groups in total. The lowest BCUT2D eigenvalue weighted by Crippen LogP contribution is -1.92. The normalized spacial score (nSPS) is 12.9. The fraction of sp³-hybridized carbons (Fsp3) is 0.200. The maximum absolute atomic E-state index is 5.31. The van der Waals surface area contributed by atoms with Crippen molar-refractivity contribution in [3.63, 3.8) is 0 Å². The molecule has 1 aliphatic rings. The Balaban J connectivity index is 2.43. The number of thioether (sulfide) groups is 2. The van der Waals surface area contributed by atoms with Crippen LogP contribution in [0.15, 0.2) is 33.9 Å². The number of benzene rings is 1. The summed E-state index contributed by atoms with van der Waals surface area (Å²) in [7, 11) is 0. The van der Waals surface area contributed by atoms with Gasteiger partial charge in [0.1, 0.15) is 0 Å². The van der Waals surface area contributed by atoms with Crippen LogP contribution in [0.25, 0.3) is 0 Å². The SMILES string of the molecule is C=CSc1cc2c(cc1SC)OCO2. The van der Waals surface area contributed by atoms with Crippen LogP contribution in [-0.2, 0) is 0 Å². The minimum atomic E-state index is 0.325. The van der Waals surface area contributed by atoms with Gasteiger partial charge in [-0.15, -0.1) is 11.8 Å². The highest BCUT2D eigenvalue weighted by molar-refractivity contribution is 8.03. The van der Waals surface area contributed by atoms with E-state index in [9.17, 15) is 0 Å². The van der Waals surface area contributed by atoms with Gasteiger partial charge >= 0.3 is 0 Å². The summed E-state index contributed by atoms with van der Waals surface area (Å²) in [6.07, 6.45) is 2.05. The van der Waals surface area contributed by atoms with Gasteiger partial charge in [-0.05, 0) is 23.8 Å². The molecule has 2 nitrogen and oxygen atoms in total. The van der Waals surface area contributed by atoms with E-state index in [0.29, 0.717) is 6.79 Å². The number of hydrogen-bond acceptors (Lipinski definition) is 4. The summed E-state index contributed by atoms with van der Waals surface area (Å²) in [5.41, 5.74) is 0. The molecule has 1 heterocycles. The zero-order valence-corrected chi connectivity index (χ0v) is 9.41. The Morgan fingerprint density at radius 3 is 2.50 bits per heavy atom. The standard InChI is InChI=1S/C10H10O2S2/c1-3-14-10-5-8-7(11-6-12-8)4-9(10)13-2/h3-5H,1,6H2,2H3. The number of ether oxygens (including phenoxy) is 2. The molecule has 4 heteroatoms. The van der Waals surface area contributed by atoms with Gasteiger partial charge in [0, 0.05) is 9.79 Å². The summed E-state index contributed by atoms with van der Waals surface area (Å²) >= 11 is 3.30. The van der Waals surface area contributed by atoms with Gasteiger partial charge in [-0.25, -0.2) is 0 Å². The van der Waals surface area contributed by atoms with Crippen LogP contribution in [0.4, 0.5) is 0 Å². The van der Waals surface area contributed by atoms with Gasteiger partial charge in [0.25, 0.3) is 0 Å². The van der Waals surface area contributed by atoms with Gasteiger partial charge in [-0.1, -0.05) is 18.3 Å². The van der Waals surface area contributed by atoms with Gasteiger partial charge in [-0.3, -0.25) is 0 Å². The van der Waals surface area contributed by atoms with Crippen molar-refractivity contribution in [2.24, 2.45) is 0 Å². The molecule has 0 fully saturated rings. The van der Waals surface area contributed by atoms with Crippen molar-refractivity contribution in [3.8, 4) is 11.5 Å². The van der Waals surface area contributed by atoms with E-state index in [2.05, 4.69) is 6.58 Å². The van der Waals surface area contributed by atoms with Crippen molar-refractivity contribution in [1.29, 1.82) is 0 Å². The largest absolute Gasteiger partial charge is 0.454 e. The first-order valence-electron chi connectivity index (χ1n) is 4.10. The molecular weight excluding hydrogens is 216 g/mol. The first-order valence-corrected chi connectivity index (χ1v) is 6.21. The molecule has 0 bridgehead atoms. The van der Waals surface area contributed by atoms with E-state index in [1.807, 2.05) is 23.8 Å². The molecule has 1 aliphatic heterocycles. The highest BCUT2D eigenvalue weighted by Crippen LogP contribution is 2.41. The number of rotatable bonds is 3. The van der Waals surface area contributed by atoms with E-state index >= 15 is 0 Å². The lowest BCUT2D eigenvalue weighted by Gasteiger charge is -2.05. The van der Waals surface area contributed by atoms with Crippen LogP contribution in [-0.4, -0.2) is 13.0 Å². The van der Waals surface area contributed by atoms with E-state index in [-0.39, 0.29) is 0 Å². The maximum Gasteiger partial charge on any atom is 0.231 e. The van der Waals surface area contributed by atoms with Crippen LogP contribution in [0, 0.1) is 0 Å². The van der Waals surface area contributed by atoms with Crippen molar-refractivity contribution in [2.75, 3.05) is 13.0 Å². The van der Waals surface area contributed by atoms with Gasteiger partial charge < -0.3 is 9.47 Å². The molecule has 0 aromatic heterocycles. The van der Waals surface area contributed by atoms with Crippen molar-refractivity contribution >= 4 is 23.5 Å². The lowest BCUT2D eigenvalue weighted by atomic mass is 10.3. The molecule has 0 amide bonds. The lowest BCUT2D eigenvalue weighted by molar-refractivity contribution is 0.174. The average molecular weight is 226 g/mol. The maximum atomic E-state index is 5.31. The molecule has 1 aromatic carbocycles. The van der Waals surface area contributed by atoms with Gasteiger partial charge in [-0.2, -0.15) is 0 Å². The number of fused-ring (bicyclic) bond motifs is 1. The Morgan fingerprint density at radius 2 is 1.93 bits per heavy atom. The van der Waals surface area contributed by atoms with E-state index in [1.54, 1.807) is 23.5 Å². The predicted molar refractivity (Wildman–Crippen MR) is 60.4 cm³/mol. The third-order valence-electron chi connectivity index (χ3n) is 1.87. The molecule has 0 atom stereocenters. The third kappa shape index (κ3) is 1.72. The first-order chi connectivity index (χ1) is 6.85. The van der Waals surface area contributed by atoms with Crippen molar-refractivity contribution in [1.82, 2.24) is 0 Å². The van der Waals surface area contributed by atoms with Gasteiger partial charge in [0.05, 0.1) is 0 Å². The van der Waals surface area contributed by atoms with Crippen molar-refractivity contribution < 1.29 is 9.47 Å². The van der Waals surface area contributed by atoms with Gasteiger partial charge in [0.15, 0.2) is 11.5 Å². The Labute approximate surface area is 91.7 Å². The van der Waals surface area contributed by atoms with E-state index in [4.69, 9.17) is 9.47 Å². The fourth-order valence-electron chi connectivity index (χ4n) is 1.25. The second kappa shape index (κ2) is 4.19. The monoisotopic (exact) mass is 226 g/mol. The molecule has 0 radical (unpaired) electrons. The zero-order valence-electron chi connectivity index (χ0n) is 7.78. The quantitative estimate of drug-likeness (QED) is 0.735. The summed E-state index contributed by atoms with van der Waals surface area (Å²) < 4.78 is 10.6. The smallest absolute Gasteiger partial charge is 0.231 e. The highest BCUT2D eigenvalue weighted by atomic mass is 32.2. The summed E-state index contributed by atoms with van der Waals surface area (Å²) in [6, 6.07) is 4.01. The van der Waals surface area contributed by atoms with Crippen molar-refractivity contribution in [2.45, 2.75) is 9.79 Å². The molecule has 2 rings (SSSR count). The zero-order chi connectivity index (χ0) is 9.97. The second-order valence-corrected chi connectivity index (χ2v) is 4.50. The van der Waals surface area contributed by atoms with E-state index in [0.717, 1.165) is 16.4 Å². The molecule has 0 saturated heterocycles. The summed E-state index contributed by atoms with van der Waals surface area (Å²) in [4.78, 5) is 2.36. The minimum Gasteiger partial charge on any atom is -0.454 e. The first kappa shape index (κ1) is 9.80. The van der Waals surface area contributed by atoms with Crippen LogP contribution < -0.4 is 9.47 Å². The van der Waals surface area contributed by atoms with Crippen LogP contribution in [0.2, 0.25) is 0 Å². The molecule has 0 unspecified atom stereocenters. The highest BCUT2D eigenvalue weighted by Gasteiger charge is 2.16. The summed E-state index contributed by atoms with van der Waals surface area (Å²) in [5, 5.41) is 1.82. The Hall–Kier alpha value is -0.740. The van der Waals surface area contributed by atoms with Gasteiger partial charge in [0.2, 0.25) is 6.79 Å². The second-order valence-electron chi connectivity index (χ2n) is 2.64. The molecule has 14 heavy (non-hydrogen) atoms. The van der Waals surface area contributed by atoms with Crippen LogP contribution >= 0.6 is 23.5 Å². The van der Waals surface area contributed by atoms with Crippen LogP contribution in [0.1, 0.15) is 0 Å². The van der Waals surface area contributed by atoms with Crippen LogP contribution in [0.5, 0.6) is 11.5 Å². The average Bonchev–Trinajstić information content (AvgIpc) is 2.64. The Morgan fingerprint density at radius 1 is 1.29 bits per heavy atom. The number of hydrogen-bond donors (Lipinski definition) is 0. The molecule has 74 valence electrons. The molecule has 0 spiro atoms. The Kier molecular flexibility index (Phi) is 2.93. The van der Waals surface area contributed by atoms with E-state index in [1.165, 1.54) is 4.90 Å². The minimum absolute atomic E-state index is 0.325. The molecule has 1 aromatic rings. The van der Waals surface area contributed by atoms with Crippen LogP contribution in [0.3, 0.4) is 0 Å². The van der Waals surface area contributed by atoms with E-state index < -0.39 is 0 Å². The van der Waals surface area contributed by atoms with Crippen molar-refractivity contribution in [3.05, 3.63) is 24.1 Å². The molecular formula is C10H10O2S2. The third-order valence-corrected chi connectivity index (χ3v) is 3.53. The molecule has 0 saturated carbocycles. The fourth-order valence-corrected chi connectivity index (χ4v) is 2.66. The summed E-state index contributed by atoms with van der Waals surface area (Å²) in [6.45, 7) is 4.03. The predicted octanol–water partition coefficient (Wildman–Crippen LogP) is 3.37. The Bertz CT molecular complexity index is 363. The topological polar surface area (TPSA) is 18.5 Å². The molecule has 0 aliphatic carbocycles. The summed E-state index contributed by atoms with van der Waals surface area (Å²) in [5.74, 6) is 1.66.